The third kappa shape index (κ3) is 2.42. The zero-order valence-corrected chi connectivity index (χ0v) is 9.68. The SMILES string of the molecule is Cn1nnc2cc(C(=O)NCCCN)ccc21. The largest absolute Gasteiger partial charge is 0.352 e. The molecule has 1 aromatic carbocycles. The molecule has 0 spiro atoms. The van der Waals surface area contributed by atoms with Crippen LogP contribution in [-0.2, 0) is 7.05 Å². The molecule has 0 aliphatic rings. The second-order valence-electron chi connectivity index (χ2n) is 3.81. The first-order chi connectivity index (χ1) is 8.22. The van der Waals surface area contributed by atoms with Crippen LogP contribution in [0.5, 0.6) is 0 Å². The third-order valence-corrected chi connectivity index (χ3v) is 2.54. The van der Waals surface area contributed by atoms with E-state index in [1.807, 2.05) is 13.1 Å². The molecule has 90 valence electrons. The van der Waals surface area contributed by atoms with Gasteiger partial charge in [0.1, 0.15) is 5.52 Å². The van der Waals surface area contributed by atoms with Crippen molar-refractivity contribution in [2.45, 2.75) is 6.42 Å². The highest BCUT2D eigenvalue weighted by atomic mass is 16.1. The number of nitrogens with one attached hydrogen (secondary N) is 1. The summed E-state index contributed by atoms with van der Waals surface area (Å²) in [6.07, 6.45) is 0.777. The van der Waals surface area contributed by atoms with Crippen molar-refractivity contribution >= 4 is 16.9 Å². The molecule has 1 amide bonds. The van der Waals surface area contributed by atoms with Crippen molar-refractivity contribution in [2.75, 3.05) is 13.1 Å². The highest BCUT2D eigenvalue weighted by Crippen LogP contribution is 2.12. The van der Waals surface area contributed by atoms with Crippen molar-refractivity contribution in [1.82, 2.24) is 20.3 Å². The Morgan fingerprint density at radius 2 is 2.35 bits per heavy atom. The van der Waals surface area contributed by atoms with Crippen LogP contribution in [0.2, 0.25) is 0 Å². The van der Waals surface area contributed by atoms with E-state index < -0.39 is 0 Å². The first kappa shape index (κ1) is 11.5. The minimum atomic E-state index is -0.106. The zero-order chi connectivity index (χ0) is 12.3. The fourth-order valence-corrected chi connectivity index (χ4v) is 1.59. The van der Waals surface area contributed by atoms with Crippen LogP contribution >= 0.6 is 0 Å². The molecule has 1 aromatic heterocycles. The Kier molecular flexibility index (Phi) is 3.34. The van der Waals surface area contributed by atoms with Gasteiger partial charge in [0, 0.05) is 19.2 Å². The van der Waals surface area contributed by atoms with Crippen LogP contribution in [0.1, 0.15) is 16.8 Å². The van der Waals surface area contributed by atoms with Gasteiger partial charge in [0.15, 0.2) is 0 Å². The smallest absolute Gasteiger partial charge is 0.251 e. The lowest BCUT2D eigenvalue weighted by molar-refractivity contribution is 0.0953. The van der Waals surface area contributed by atoms with Crippen molar-refractivity contribution in [3.63, 3.8) is 0 Å². The summed E-state index contributed by atoms with van der Waals surface area (Å²) in [6, 6.07) is 5.34. The lowest BCUT2D eigenvalue weighted by atomic mass is 10.2. The van der Waals surface area contributed by atoms with Gasteiger partial charge in [-0.25, -0.2) is 4.68 Å². The number of benzene rings is 1. The fourth-order valence-electron chi connectivity index (χ4n) is 1.59. The molecule has 0 aliphatic heterocycles. The maximum absolute atomic E-state index is 11.8. The van der Waals surface area contributed by atoms with Crippen molar-refractivity contribution in [3.8, 4) is 0 Å². The van der Waals surface area contributed by atoms with Gasteiger partial charge in [-0.05, 0) is 31.2 Å². The number of aryl methyl sites for hydroxylation is 1. The molecule has 0 saturated carbocycles. The maximum Gasteiger partial charge on any atom is 0.251 e. The lowest BCUT2D eigenvalue weighted by Crippen LogP contribution is -2.25. The number of carbonyl (C=O) groups excluding carboxylic acids is 1. The van der Waals surface area contributed by atoms with Gasteiger partial charge < -0.3 is 11.1 Å². The minimum absolute atomic E-state index is 0.106. The number of aromatic nitrogens is 3. The molecule has 1 heterocycles. The minimum Gasteiger partial charge on any atom is -0.352 e. The van der Waals surface area contributed by atoms with E-state index in [0.29, 0.717) is 18.7 Å². The molecular formula is C11H15N5O. The topological polar surface area (TPSA) is 85.8 Å². The van der Waals surface area contributed by atoms with Gasteiger partial charge >= 0.3 is 0 Å². The first-order valence-electron chi connectivity index (χ1n) is 5.50. The molecule has 3 N–H and O–H groups in total. The molecule has 0 atom stereocenters. The molecule has 0 bridgehead atoms. The van der Waals surface area contributed by atoms with Crippen LogP contribution in [0, 0.1) is 0 Å². The molecule has 0 fully saturated rings. The molecule has 0 aliphatic carbocycles. The molecule has 6 heteroatoms. The number of amides is 1. The molecule has 2 aromatic rings. The summed E-state index contributed by atoms with van der Waals surface area (Å²) in [4.78, 5) is 11.8. The number of nitrogens with two attached hydrogens (primary N) is 1. The van der Waals surface area contributed by atoms with Gasteiger partial charge in [-0.2, -0.15) is 0 Å². The molecule has 0 radical (unpaired) electrons. The Hall–Kier alpha value is -1.95. The second kappa shape index (κ2) is 4.92. The Labute approximate surface area is 98.8 Å². The highest BCUT2D eigenvalue weighted by Gasteiger charge is 2.08. The van der Waals surface area contributed by atoms with Crippen LogP contribution in [0.3, 0.4) is 0 Å². The number of fused-ring (bicyclic) bond motifs is 1. The summed E-state index contributed by atoms with van der Waals surface area (Å²) in [5, 5.41) is 10.7. The van der Waals surface area contributed by atoms with E-state index >= 15 is 0 Å². The van der Waals surface area contributed by atoms with Crippen molar-refractivity contribution < 1.29 is 4.79 Å². The summed E-state index contributed by atoms with van der Waals surface area (Å²) in [5.41, 5.74) is 7.58. The number of carbonyl (C=O) groups is 1. The summed E-state index contributed by atoms with van der Waals surface area (Å²) in [6.45, 7) is 1.16. The zero-order valence-electron chi connectivity index (χ0n) is 9.68. The number of nitrogens with zero attached hydrogens (tertiary/aromatic N) is 3. The van der Waals surface area contributed by atoms with Gasteiger partial charge in [0.05, 0.1) is 5.52 Å². The normalized spacial score (nSPS) is 10.7. The second-order valence-corrected chi connectivity index (χ2v) is 3.81. The summed E-state index contributed by atoms with van der Waals surface area (Å²) in [5.74, 6) is -0.106. The molecular weight excluding hydrogens is 218 g/mol. The van der Waals surface area contributed by atoms with E-state index in [9.17, 15) is 4.79 Å². The predicted molar refractivity (Wildman–Crippen MR) is 64.5 cm³/mol. The highest BCUT2D eigenvalue weighted by molar-refractivity contribution is 5.97. The van der Waals surface area contributed by atoms with E-state index in [1.165, 1.54) is 0 Å². The molecule has 0 saturated heterocycles. The summed E-state index contributed by atoms with van der Waals surface area (Å²) in [7, 11) is 1.82. The van der Waals surface area contributed by atoms with Crippen LogP contribution in [-0.4, -0.2) is 34.0 Å². The van der Waals surface area contributed by atoms with Crippen LogP contribution < -0.4 is 11.1 Å². The molecule has 17 heavy (non-hydrogen) atoms. The maximum atomic E-state index is 11.8. The van der Waals surface area contributed by atoms with E-state index in [4.69, 9.17) is 5.73 Å². The van der Waals surface area contributed by atoms with Gasteiger partial charge in [0.25, 0.3) is 5.91 Å². The Morgan fingerprint density at radius 3 is 3.12 bits per heavy atom. The van der Waals surface area contributed by atoms with Crippen LogP contribution in [0.15, 0.2) is 18.2 Å². The van der Waals surface area contributed by atoms with Crippen molar-refractivity contribution in [1.29, 1.82) is 0 Å². The standard InChI is InChI=1S/C11H15N5O/c1-16-10-4-3-8(7-9(10)14-15-16)11(17)13-6-2-5-12/h3-4,7H,2,5-6,12H2,1H3,(H,13,17). The monoisotopic (exact) mass is 233 g/mol. The average Bonchev–Trinajstić information content (AvgIpc) is 2.71. The molecule has 6 nitrogen and oxygen atoms in total. The van der Waals surface area contributed by atoms with E-state index in [1.54, 1.807) is 16.8 Å². The molecule has 0 unspecified atom stereocenters. The van der Waals surface area contributed by atoms with Gasteiger partial charge in [-0.1, -0.05) is 5.21 Å². The predicted octanol–water partition coefficient (Wildman–Crippen LogP) is 0.0469. The van der Waals surface area contributed by atoms with Crippen molar-refractivity contribution in [3.05, 3.63) is 23.8 Å². The Morgan fingerprint density at radius 1 is 1.53 bits per heavy atom. The average molecular weight is 233 g/mol. The number of hydrogen-bond acceptors (Lipinski definition) is 4. The fraction of sp³-hybridized carbons (Fsp3) is 0.364. The quantitative estimate of drug-likeness (QED) is 0.730. The van der Waals surface area contributed by atoms with Gasteiger partial charge in [0.2, 0.25) is 0 Å². The summed E-state index contributed by atoms with van der Waals surface area (Å²) >= 11 is 0. The molecule has 2 rings (SSSR count). The van der Waals surface area contributed by atoms with Gasteiger partial charge in [-0.15, -0.1) is 5.10 Å². The lowest BCUT2D eigenvalue weighted by Gasteiger charge is -2.03. The third-order valence-electron chi connectivity index (χ3n) is 2.54. The van der Waals surface area contributed by atoms with Crippen LogP contribution in [0.4, 0.5) is 0 Å². The van der Waals surface area contributed by atoms with E-state index in [0.717, 1.165) is 17.5 Å². The Balaban J connectivity index is 2.15. The summed E-state index contributed by atoms with van der Waals surface area (Å²) < 4.78 is 1.67. The number of hydrogen-bond donors (Lipinski definition) is 2. The van der Waals surface area contributed by atoms with Crippen LogP contribution in [0.25, 0.3) is 11.0 Å². The van der Waals surface area contributed by atoms with Gasteiger partial charge in [-0.3, -0.25) is 4.79 Å². The Bertz CT molecular complexity index is 534. The first-order valence-corrected chi connectivity index (χ1v) is 5.50. The van der Waals surface area contributed by atoms with E-state index in [2.05, 4.69) is 15.6 Å². The van der Waals surface area contributed by atoms with E-state index in [-0.39, 0.29) is 5.91 Å². The number of rotatable bonds is 4. The van der Waals surface area contributed by atoms with Crippen molar-refractivity contribution in [2.24, 2.45) is 12.8 Å².